The van der Waals surface area contributed by atoms with Crippen molar-refractivity contribution < 1.29 is 9.47 Å². The average Bonchev–Trinajstić information content (AvgIpc) is 2.59. The molecule has 0 radical (unpaired) electrons. The average molecular weight is 447 g/mol. The van der Waals surface area contributed by atoms with Crippen LogP contribution >= 0.6 is 24.0 Å². The zero-order valence-electron chi connectivity index (χ0n) is 14.7. The minimum absolute atomic E-state index is 0. The molecule has 0 spiro atoms. The molecule has 6 heteroatoms. The quantitative estimate of drug-likeness (QED) is 0.302. The number of methoxy groups -OCH3 is 1. The topological polar surface area (TPSA) is 60.1 Å². The van der Waals surface area contributed by atoms with E-state index in [0.29, 0.717) is 19.2 Å². The van der Waals surface area contributed by atoms with Crippen LogP contribution in [-0.4, -0.2) is 44.2 Å². The molecule has 1 aliphatic heterocycles. The van der Waals surface area contributed by atoms with Gasteiger partial charge in [0.25, 0.3) is 0 Å². The Labute approximate surface area is 162 Å². The van der Waals surface area contributed by atoms with Crippen LogP contribution in [0.4, 0.5) is 0 Å². The zero-order valence-corrected chi connectivity index (χ0v) is 17.1. The van der Waals surface area contributed by atoms with Crippen molar-refractivity contribution >= 4 is 29.9 Å². The number of aliphatic imine (C=N–C) groups is 1. The van der Waals surface area contributed by atoms with Gasteiger partial charge >= 0.3 is 0 Å². The number of hydrogen-bond acceptors (Lipinski definition) is 3. The fraction of sp³-hybridized carbons (Fsp3) is 0.611. The predicted molar refractivity (Wildman–Crippen MR) is 109 cm³/mol. The summed E-state index contributed by atoms with van der Waals surface area (Å²) in [5, 5.41) is 0. The van der Waals surface area contributed by atoms with Crippen molar-refractivity contribution in [2.75, 3.05) is 33.4 Å². The number of halogens is 1. The molecule has 1 aliphatic rings. The van der Waals surface area contributed by atoms with E-state index in [1.807, 2.05) is 24.3 Å². The third-order valence-electron chi connectivity index (χ3n) is 4.26. The first-order valence-electron chi connectivity index (χ1n) is 8.44. The summed E-state index contributed by atoms with van der Waals surface area (Å²) in [5.41, 5.74) is 7.20. The molecule has 2 N–H and O–H groups in total. The molecule has 0 unspecified atom stereocenters. The molecule has 1 heterocycles. The summed E-state index contributed by atoms with van der Waals surface area (Å²) in [6.45, 7) is 6.40. The maximum absolute atomic E-state index is 6.05. The van der Waals surface area contributed by atoms with Crippen molar-refractivity contribution in [3.63, 3.8) is 0 Å². The van der Waals surface area contributed by atoms with Crippen LogP contribution in [0.2, 0.25) is 0 Å². The van der Waals surface area contributed by atoms with E-state index in [-0.39, 0.29) is 24.0 Å². The van der Waals surface area contributed by atoms with Gasteiger partial charge in [-0.1, -0.05) is 19.1 Å². The van der Waals surface area contributed by atoms with Crippen LogP contribution in [0.3, 0.4) is 0 Å². The molecule has 0 atom stereocenters. The van der Waals surface area contributed by atoms with Gasteiger partial charge in [-0.2, -0.15) is 0 Å². The van der Waals surface area contributed by atoms with E-state index < -0.39 is 0 Å². The summed E-state index contributed by atoms with van der Waals surface area (Å²) in [6, 6.07) is 7.94. The number of ether oxygens (including phenoxy) is 2. The third kappa shape index (κ3) is 7.25. The number of piperidine rings is 1. The van der Waals surface area contributed by atoms with Crippen LogP contribution < -0.4 is 10.5 Å². The van der Waals surface area contributed by atoms with E-state index in [2.05, 4.69) is 16.8 Å². The Hall–Kier alpha value is -1.02. The van der Waals surface area contributed by atoms with Gasteiger partial charge in [-0.3, -0.25) is 4.99 Å². The highest BCUT2D eigenvalue weighted by Gasteiger charge is 2.16. The number of likely N-dealkylation sites (tertiary alicyclic amines) is 1. The second-order valence-corrected chi connectivity index (χ2v) is 6.16. The Bertz CT molecular complexity index is 486. The number of hydrogen-bond donors (Lipinski definition) is 1. The molecule has 1 aromatic rings. The lowest BCUT2D eigenvalue weighted by atomic mass is 10.00. The lowest BCUT2D eigenvalue weighted by Gasteiger charge is -2.31. The highest BCUT2D eigenvalue weighted by Crippen LogP contribution is 2.15. The first kappa shape index (κ1) is 21.0. The van der Waals surface area contributed by atoms with Crippen LogP contribution in [0.5, 0.6) is 5.75 Å². The van der Waals surface area contributed by atoms with Crippen LogP contribution in [0.1, 0.15) is 31.7 Å². The maximum atomic E-state index is 6.05. The van der Waals surface area contributed by atoms with Gasteiger partial charge in [0.05, 0.1) is 13.7 Å². The number of benzene rings is 1. The van der Waals surface area contributed by atoms with Crippen LogP contribution in [0.25, 0.3) is 0 Å². The van der Waals surface area contributed by atoms with Crippen LogP contribution in [0.15, 0.2) is 29.3 Å². The first-order chi connectivity index (χ1) is 11.2. The number of nitrogens with zero attached hydrogens (tertiary/aromatic N) is 2. The molecular formula is C18H30IN3O2. The monoisotopic (exact) mass is 447 g/mol. The van der Waals surface area contributed by atoms with E-state index in [1.165, 1.54) is 12.8 Å². The first-order valence-corrected chi connectivity index (χ1v) is 8.44. The molecule has 1 fully saturated rings. The molecule has 5 nitrogen and oxygen atoms in total. The van der Waals surface area contributed by atoms with Crippen molar-refractivity contribution in [1.29, 1.82) is 0 Å². The molecule has 0 bridgehead atoms. The van der Waals surface area contributed by atoms with Gasteiger partial charge in [-0.25, -0.2) is 0 Å². The molecule has 1 saturated heterocycles. The van der Waals surface area contributed by atoms with Gasteiger partial charge < -0.3 is 20.1 Å². The normalized spacial score (nSPS) is 15.9. The van der Waals surface area contributed by atoms with E-state index in [4.69, 9.17) is 15.2 Å². The van der Waals surface area contributed by atoms with Crippen molar-refractivity contribution in [3.05, 3.63) is 29.8 Å². The van der Waals surface area contributed by atoms with Gasteiger partial charge in [-0.15, -0.1) is 24.0 Å². The third-order valence-corrected chi connectivity index (χ3v) is 4.26. The highest BCUT2D eigenvalue weighted by atomic mass is 127. The second-order valence-electron chi connectivity index (χ2n) is 6.16. The number of nitrogens with two attached hydrogens (primary N) is 1. The van der Waals surface area contributed by atoms with Gasteiger partial charge in [-0.05, 0) is 42.9 Å². The summed E-state index contributed by atoms with van der Waals surface area (Å²) in [4.78, 5) is 6.66. The molecule has 1 aromatic carbocycles. The number of guanidine groups is 1. The van der Waals surface area contributed by atoms with Gasteiger partial charge in [0.2, 0.25) is 0 Å². The van der Waals surface area contributed by atoms with Crippen molar-refractivity contribution in [2.45, 2.75) is 32.8 Å². The summed E-state index contributed by atoms with van der Waals surface area (Å²) in [7, 11) is 1.67. The fourth-order valence-electron chi connectivity index (χ4n) is 2.61. The van der Waals surface area contributed by atoms with Crippen LogP contribution in [0, 0.1) is 5.92 Å². The summed E-state index contributed by atoms with van der Waals surface area (Å²) in [5.74, 6) is 2.36. The lowest BCUT2D eigenvalue weighted by Crippen LogP contribution is -2.42. The predicted octanol–water partition coefficient (Wildman–Crippen LogP) is 3.27. The number of rotatable bonds is 7. The van der Waals surface area contributed by atoms with Crippen LogP contribution in [-0.2, 0) is 11.3 Å². The minimum atomic E-state index is 0. The highest BCUT2D eigenvalue weighted by molar-refractivity contribution is 14.0. The summed E-state index contributed by atoms with van der Waals surface area (Å²) >= 11 is 0. The van der Waals surface area contributed by atoms with Crippen molar-refractivity contribution in [2.24, 2.45) is 16.6 Å². The molecular weight excluding hydrogens is 417 g/mol. The minimum Gasteiger partial charge on any atom is -0.497 e. The standard InChI is InChI=1S/C18H29N3O2.HI/c1-15-8-11-21(12-9-15)18(19)20-10-3-13-23-14-16-4-6-17(22-2)7-5-16;/h4-7,15H,3,8-14H2,1-2H3,(H2,19,20);1H. The SMILES string of the molecule is COc1ccc(COCCCN=C(N)N2CCC(C)CC2)cc1.I. The molecule has 0 aliphatic carbocycles. The summed E-state index contributed by atoms with van der Waals surface area (Å²) in [6.07, 6.45) is 3.31. The van der Waals surface area contributed by atoms with Crippen molar-refractivity contribution in [3.8, 4) is 5.75 Å². The fourth-order valence-corrected chi connectivity index (χ4v) is 2.61. The lowest BCUT2D eigenvalue weighted by molar-refractivity contribution is 0.120. The van der Waals surface area contributed by atoms with E-state index >= 15 is 0 Å². The zero-order chi connectivity index (χ0) is 16.5. The maximum Gasteiger partial charge on any atom is 0.191 e. The molecule has 0 aromatic heterocycles. The van der Waals surface area contributed by atoms with E-state index in [9.17, 15) is 0 Å². The largest absolute Gasteiger partial charge is 0.497 e. The van der Waals surface area contributed by atoms with E-state index in [1.54, 1.807) is 7.11 Å². The van der Waals surface area contributed by atoms with Crippen molar-refractivity contribution in [1.82, 2.24) is 4.90 Å². The Balaban J connectivity index is 0.00000288. The Morgan fingerprint density at radius 3 is 2.54 bits per heavy atom. The van der Waals surface area contributed by atoms with E-state index in [0.717, 1.165) is 43.3 Å². The molecule has 0 amide bonds. The Morgan fingerprint density at radius 1 is 1.25 bits per heavy atom. The summed E-state index contributed by atoms with van der Waals surface area (Å²) < 4.78 is 10.8. The van der Waals surface area contributed by atoms with Gasteiger partial charge in [0.1, 0.15) is 5.75 Å². The Morgan fingerprint density at radius 2 is 1.92 bits per heavy atom. The second kappa shape index (κ2) is 11.5. The van der Waals surface area contributed by atoms with Gasteiger partial charge in [0, 0.05) is 26.2 Å². The molecule has 24 heavy (non-hydrogen) atoms. The Kier molecular flexibility index (Phi) is 10.1. The van der Waals surface area contributed by atoms with Gasteiger partial charge in [0.15, 0.2) is 5.96 Å². The molecule has 2 rings (SSSR count). The smallest absolute Gasteiger partial charge is 0.191 e. The molecule has 136 valence electrons. The molecule has 0 saturated carbocycles.